The molecule has 0 fully saturated rings. The van der Waals surface area contributed by atoms with Crippen molar-refractivity contribution in [2.45, 2.75) is 25.3 Å². The van der Waals surface area contributed by atoms with Crippen molar-refractivity contribution in [3.8, 4) is 11.5 Å². The number of nitrogens with zero attached hydrogens (tertiary/aromatic N) is 2. The van der Waals surface area contributed by atoms with Gasteiger partial charge in [-0.3, -0.25) is 4.79 Å². The van der Waals surface area contributed by atoms with Crippen LogP contribution in [0.4, 0.5) is 11.6 Å². The molecule has 0 unspecified atom stereocenters. The van der Waals surface area contributed by atoms with Gasteiger partial charge in [0.05, 0.1) is 16.5 Å². The number of hydrogen-bond donors (Lipinski definition) is 2. The largest absolute Gasteiger partial charge is 0.493 e. The first kappa shape index (κ1) is 28.8. The molecule has 0 spiro atoms. The Bertz CT molecular complexity index is 1620. The number of rotatable bonds is 10. The third-order valence-electron chi connectivity index (χ3n) is 5.55. The number of ether oxygens (including phenoxy) is 2. The molecule has 2 N–H and O–H groups in total. The summed E-state index contributed by atoms with van der Waals surface area (Å²) in [5.74, 6) is 0.680. The number of nitrogens with one attached hydrogen (secondary N) is 2. The number of halogens is 1. The molecule has 0 aliphatic rings. The van der Waals surface area contributed by atoms with E-state index in [1.807, 2.05) is 36.4 Å². The van der Waals surface area contributed by atoms with Crippen LogP contribution in [-0.2, 0) is 21.4 Å². The predicted octanol–water partition coefficient (Wildman–Crippen LogP) is 5.90. The third-order valence-corrected chi connectivity index (χ3v) is 7.48. The fourth-order valence-corrected chi connectivity index (χ4v) is 5.25. The number of anilines is 2. The second-order valence-electron chi connectivity index (χ2n) is 8.74. The Morgan fingerprint density at radius 3 is 2.30 bits per heavy atom. The zero-order chi connectivity index (χ0) is 28.7. The summed E-state index contributed by atoms with van der Waals surface area (Å²) in [5.41, 5.74) is 3.46. The van der Waals surface area contributed by atoms with Crippen LogP contribution < -0.4 is 19.5 Å². The number of amides is 1. The molecule has 9 nitrogen and oxygen atoms in total. The van der Waals surface area contributed by atoms with Crippen LogP contribution in [0.15, 0.2) is 88.2 Å². The highest BCUT2D eigenvalue weighted by atomic mass is 79.9. The van der Waals surface area contributed by atoms with Crippen molar-refractivity contribution in [3.63, 3.8) is 0 Å². The number of methoxy groups -OCH3 is 1. The Morgan fingerprint density at radius 2 is 1.65 bits per heavy atom. The fourth-order valence-electron chi connectivity index (χ4n) is 3.73. The number of hydrogen-bond acceptors (Lipinski definition) is 7. The molecular weight excluding hydrogens is 596 g/mol. The van der Waals surface area contributed by atoms with Crippen LogP contribution >= 0.6 is 15.9 Å². The maximum Gasteiger partial charge on any atom is 0.264 e. The van der Waals surface area contributed by atoms with Crippen LogP contribution in [0.5, 0.6) is 11.5 Å². The molecule has 0 saturated carbocycles. The molecule has 0 aliphatic heterocycles. The normalized spacial score (nSPS) is 11.3. The maximum atomic E-state index is 12.7. The van der Waals surface area contributed by atoms with E-state index in [0.717, 1.165) is 5.56 Å². The SMILES string of the molecule is COc1cc(/C=C/C(=O)Nc2ccc(S(=O)(=O)Nc3nc(C)cc(C)n3)cc2)cc(Br)c1OCc1ccccc1. The number of benzene rings is 3. The quantitative estimate of drug-likeness (QED) is 0.211. The smallest absolute Gasteiger partial charge is 0.264 e. The second-order valence-corrected chi connectivity index (χ2v) is 11.3. The second kappa shape index (κ2) is 12.8. The molecule has 0 radical (unpaired) electrons. The van der Waals surface area contributed by atoms with Gasteiger partial charge in [-0.25, -0.2) is 23.1 Å². The van der Waals surface area contributed by atoms with E-state index in [4.69, 9.17) is 9.47 Å². The van der Waals surface area contributed by atoms with Crippen molar-refractivity contribution in [1.29, 1.82) is 0 Å². The van der Waals surface area contributed by atoms with E-state index >= 15 is 0 Å². The molecule has 1 amide bonds. The lowest BCUT2D eigenvalue weighted by molar-refractivity contribution is -0.111. The molecule has 11 heteroatoms. The Kier molecular flexibility index (Phi) is 9.18. The topological polar surface area (TPSA) is 120 Å². The lowest BCUT2D eigenvalue weighted by Crippen LogP contribution is -2.16. The highest BCUT2D eigenvalue weighted by Crippen LogP contribution is 2.37. The molecular formula is C29H27BrN4O5S. The van der Waals surface area contributed by atoms with Crippen LogP contribution in [0.2, 0.25) is 0 Å². The highest BCUT2D eigenvalue weighted by molar-refractivity contribution is 9.10. The summed E-state index contributed by atoms with van der Waals surface area (Å²) in [6.07, 6.45) is 3.01. The van der Waals surface area contributed by atoms with E-state index in [1.54, 1.807) is 39.2 Å². The number of carbonyl (C=O) groups excluding carboxylic acids is 1. The van der Waals surface area contributed by atoms with E-state index < -0.39 is 15.9 Å². The molecule has 4 aromatic rings. The molecule has 4 rings (SSSR count). The lowest BCUT2D eigenvalue weighted by Gasteiger charge is -2.13. The maximum absolute atomic E-state index is 12.7. The Balaban J connectivity index is 1.39. The zero-order valence-electron chi connectivity index (χ0n) is 22.0. The lowest BCUT2D eigenvalue weighted by atomic mass is 10.2. The van der Waals surface area contributed by atoms with Gasteiger partial charge < -0.3 is 14.8 Å². The van der Waals surface area contributed by atoms with Crippen LogP contribution in [0.25, 0.3) is 6.08 Å². The van der Waals surface area contributed by atoms with Gasteiger partial charge in [-0.05, 0) is 89.4 Å². The summed E-state index contributed by atoms with van der Waals surface area (Å²) >= 11 is 3.52. The van der Waals surface area contributed by atoms with Crippen LogP contribution in [0.1, 0.15) is 22.5 Å². The molecule has 3 aromatic carbocycles. The average Bonchev–Trinajstić information content (AvgIpc) is 2.91. The van der Waals surface area contributed by atoms with Crippen LogP contribution in [0, 0.1) is 13.8 Å². The van der Waals surface area contributed by atoms with Crippen molar-refractivity contribution in [2.24, 2.45) is 0 Å². The molecule has 0 saturated heterocycles. The molecule has 0 atom stereocenters. The first-order valence-corrected chi connectivity index (χ1v) is 14.4. The number of aromatic nitrogens is 2. The van der Waals surface area contributed by atoms with Gasteiger partial charge in [-0.2, -0.15) is 0 Å². The molecule has 40 heavy (non-hydrogen) atoms. The third kappa shape index (κ3) is 7.67. The van der Waals surface area contributed by atoms with Crippen molar-refractivity contribution >= 4 is 49.6 Å². The van der Waals surface area contributed by atoms with Gasteiger partial charge in [-0.1, -0.05) is 30.3 Å². The van der Waals surface area contributed by atoms with Gasteiger partial charge >= 0.3 is 0 Å². The zero-order valence-corrected chi connectivity index (χ0v) is 24.4. The molecule has 206 valence electrons. The van der Waals surface area contributed by atoms with Crippen LogP contribution in [-0.4, -0.2) is 31.4 Å². The Labute approximate surface area is 241 Å². The first-order valence-electron chi connectivity index (χ1n) is 12.1. The highest BCUT2D eigenvalue weighted by Gasteiger charge is 2.16. The summed E-state index contributed by atoms with van der Waals surface area (Å²) in [6.45, 7) is 3.89. The summed E-state index contributed by atoms with van der Waals surface area (Å²) in [7, 11) is -2.35. The van der Waals surface area contributed by atoms with E-state index in [-0.39, 0.29) is 10.8 Å². The van der Waals surface area contributed by atoms with Gasteiger partial charge in [-0.15, -0.1) is 0 Å². The number of aryl methyl sites for hydroxylation is 2. The summed E-state index contributed by atoms with van der Waals surface area (Å²) in [4.78, 5) is 20.7. The average molecular weight is 624 g/mol. The molecule has 1 heterocycles. The number of carbonyl (C=O) groups is 1. The standard InChI is InChI=1S/C29H27BrN4O5S/c1-19-15-20(2)32-29(31-19)34-40(36,37)24-12-10-23(11-13-24)33-27(35)14-9-22-16-25(30)28(26(17-22)38-3)39-18-21-7-5-4-6-8-21/h4-17H,18H2,1-3H3,(H,33,35)(H,31,32,34)/b14-9+. The van der Waals surface area contributed by atoms with Crippen molar-refractivity contribution in [3.05, 3.63) is 106 Å². The van der Waals surface area contributed by atoms with Gasteiger partial charge in [0.25, 0.3) is 10.0 Å². The van der Waals surface area contributed by atoms with E-state index in [2.05, 4.69) is 35.9 Å². The first-order chi connectivity index (χ1) is 19.1. The van der Waals surface area contributed by atoms with E-state index in [0.29, 0.717) is 45.2 Å². The Hall–Kier alpha value is -4.22. The van der Waals surface area contributed by atoms with E-state index in [9.17, 15) is 13.2 Å². The van der Waals surface area contributed by atoms with E-state index in [1.165, 1.54) is 30.3 Å². The Morgan fingerprint density at radius 1 is 0.975 bits per heavy atom. The minimum absolute atomic E-state index is 0.000858. The van der Waals surface area contributed by atoms with Gasteiger partial charge in [0, 0.05) is 23.2 Å². The summed E-state index contributed by atoms with van der Waals surface area (Å²) in [5, 5.41) is 2.72. The molecule has 0 aliphatic carbocycles. The predicted molar refractivity (Wildman–Crippen MR) is 158 cm³/mol. The minimum Gasteiger partial charge on any atom is -0.493 e. The van der Waals surface area contributed by atoms with Crippen molar-refractivity contribution < 1.29 is 22.7 Å². The number of sulfonamides is 1. The molecule has 1 aromatic heterocycles. The minimum atomic E-state index is -3.90. The molecule has 0 bridgehead atoms. The van der Waals surface area contributed by atoms with Crippen LogP contribution in [0.3, 0.4) is 0 Å². The summed E-state index contributed by atoms with van der Waals surface area (Å²) < 4.78 is 39.9. The van der Waals surface area contributed by atoms with Gasteiger partial charge in [0.15, 0.2) is 11.5 Å². The van der Waals surface area contributed by atoms with Gasteiger partial charge in [0.2, 0.25) is 11.9 Å². The fraction of sp³-hybridized carbons (Fsp3) is 0.138. The van der Waals surface area contributed by atoms with Gasteiger partial charge in [0.1, 0.15) is 6.61 Å². The van der Waals surface area contributed by atoms with Crippen molar-refractivity contribution in [1.82, 2.24) is 9.97 Å². The monoisotopic (exact) mass is 622 g/mol. The van der Waals surface area contributed by atoms with Crippen molar-refractivity contribution in [2.75, 3.05) is 17.1 Å². The summed E-state index contributed by atoms with van der Waals surface area (Å²) in [6, 6.07) is 20.9.